The van der Waals surface area contributed by atoms with Gasteiger partial charge in [0.25, 0.3) is 0 Å². The van der Waals surface area contributed by atoms with Gasteiger partial charge in [-0.1, -0.05) is 18.7 Å². The molecule has 1 heterocycles. The van der Waals surface area contributed by atoms with Crippen LogP contribution in [0.3, 0.4) is 0 Å². The first-order valence-corrected chi connectivity index (χ1v) is 8.37. The van der Waals surface area contributed by atoms with Crippen molar-refractivity contribution in [3.05, 3.63) is 6.07 Å². The molecule has 1 saturated carbocycles. The third-order valence-electron chi connectivity index (χ3n) is 3.61. The molecule has 1 aromatic rings. The lowest BCUT2D eigenvalue weighted by Gasteiger charge is -2.27. The first-order chi connectivity index (χ1) is 9.21. The van der Waals surface area contributed by atoms with E-state index < -0.39 is 0 Å². The van der Waals surface area contributed by atoms with Gasteiger partial charge in [0.15, 0.2) is 5.16 Å². The monoisotopic (exact) mass is 280 g/mol. The largest absolute Gasteiger partial charge is 0.370 e. The van der Waals surface area contributed by atoms with E-state index in [9.17, 15) is 0 Å². The first kappa shape index (κ1) is 14.4. The minimum Gasteiger partial charge on any atom is -0.370 e. The van der Waals surface area contributed by atoms with Gasteiger partial charge < -0.3 is 10.6 Å². The summed E-state index contributed by atoms with van der Waals surface area (Å²) in [6.45, 7) is 5.30. The average Bonchev–Trinajstić information content (AvgIpc) is 2.41. The SMILES string of the molecule is CCNc1cc(NC2CCC(C)CC2)nc(SC)n1. The highest BCUT2D eigenvalue weighted by atomic mass is 32.2. The molecule has 1 fully saturated rings. The first-order valence-electron chi connectivity index (χ1n) is 7.14. The third-order valence-corrected chi connectivity index (χ3v) is 4.16. The Kier molecular flexibility index (Phi) is 5.31. The van der Waals surface area contributed by atoms with Gasteiger partial charge in [-0.05, 0) is 44.8 Å². The standard InChI is InChI=1S/C14H24N4S/c1-4-15-12-9-13(18-14(17-12)19-3)16-11-7-5-10(2)6-8-11/h9-11H,4-8H2,1-3H3,(H2,15,16,17,18). The molecule has 0 unspecified atom stereocenters. The van der Waals surface area contributed by atoms with Gasteiger partial charge in [-0.25, -0.2) is 9.97 Å². The molecule has 1 aliphatic rings. The fourth-order valence-corrected chi connectivity index (χ4v) is 2.85. The van der Waals surface area contributed by atoms with Crippen LogP contribution in [0.5, 0.6) is 0 Å². The Bertz CT molecular complexity index is 402. The summed E-state index contributed by atoms with van der Waals surface area (Å²) in [7, 11) is 0. The number of hydrogen-bond acceptors (Lipinski definition) is 5. The molecule has 1 aliphatic carbocycles. The van der Waals surface area contributed by atoms with Crippen LogP contribution in [0.25, 0.3) is 0 Å². The van der Waals surface area contributed by atoms with Crippen molar-refractivity contribution in [2.75, 3.05) is 23.4 Å². The second-order valence-electron chi connectivity index (χ2n) is 5.26. The van der Waals surface area contributed by atoms with Crippen LogP contribution in [0.1, 0.15) is 39.5 Å². The van der Waals surface area contributed by atoms with Gasteiger partial charge in [-0.15, -0.1) is 0 Å². The molecule has 19 heavy (non-hydrogen) atoms. The van der Waals surface area contributed by atoms with E-state index in [1.165, 1.54) is 25.7 Å². The maximum Gasteiger partial charge on any atom is 0.191 e. The Hall–Kier alpha value is -0.970. The Balaban J connectivity index is 2.04. The minimum atomic E-state index is 0.565. The highest BCUT2D eigenvalue weighted by Crippen LogP contribution is 2.26. The number of thioether (sulfide) groups is 1. The van der Waals surface area contributed by atoms with E-state index in [-0.39, 0.29) is 0 Å². The summed E-state index contributed by atoms with van der Waals surface area (Å²) in [6, 6.07) is 2.58. The highest BCUT2D eigenvalue weighted by Gasteiger charge is 2.18. The van der Waals surface area contributed by atoms with Gasteiger partial charge in [0, 0.05) is 18.7 Å². The second-order valence-corrected chi connectivity index (χ2v) is 6.03. The maximum atomic E-state index is 4.55. The molecule has 4 nitrogen and oxygen atoms in total. The Morgan fingerprint density at radius 2 is 1.89 bits per heavy atom. The predicted molar refractivity (Wildman–Crippen MR) is 83.0 cm³/mol. The average molecular weight is 280 g/mol. The molecule has 0 atom stereocenters. The molecule has 0 bridgehead atoms. The van der Waals surface area contributed by atoms with Crippen molar-refractivity contribution >= 4 is 23.4 Å². The zero-order valence-corrected chi connectivity index (χ0v) is 12.9. The summed E-state index contributed by atoms with van der Waals surface area (Å²) < 4.78 is 0. The third kappa shape index (κ3) is 4.27. The summed E-state index contributed by atoms with van der Waals surface area (Å²) in [5, 5.41) is 7.66. The van der Waals surface area contributed by atoms with E-state index in [4.69, 9.17) is 0 Å². The summed E-state index contributed by atoms with van der Waals surface area (Å²) in [5.74, 6) is 2.74. The van der Waals surface area contributed by atoms with Crippen LogP contribution >= 0.6 is 11.8 Å². The molecule has 0 amide bonds. The van der Waals surface area contributed by atoms with E-state index in [0.29, 0.717) is 6.04 Å². The van der Waals surface area contributed by atoms with Gasteiger partial charge in [-0.2, -0.15) is 0 Å². The van der Waals surface area contributed by atoms with Gasteiger partial charge in [0.1, 0.15) is 11.6 Å². The van der Waals surface area contributed by atoms with Gasteiger partial charge in [0.2, 0.25) is 0 Å². The molecule has 0 radical (unpaired) electrons. The van der Waals surface area contributed by atoms with Crippen molar-refractivity contribution in [1.82, 2.24) is 9.97 Å². The molecule has 2 rings (SSSR count). The van der Waals surface area contributed by atoms with Crippen LogP contribution in [0, 0.1) is 5.92 Å². The smallest absolute Gasteiger partial charge is 0.191 e. The molecule has 0 aliphatic heterocycles. The fraction of sp³-hybridized carbons (Fsp3) is 0.714. The van der Waals surface area contributed by atoms with E-state index in [1.54, 1.807) is 11.8 Å². The van der Waals surface area contributed by atoms with E-state index in [0.717, 1.165) is 29.3 Å². The van der Waals surface area contributed by atoms with Crippen LogP contribution in [0.15, 0.2) is 11.2 Å². The van der Waals surface area contributed by atoms with Gasteiger partial charge in [-0.3, -0.25) is 0 Å². The van der Waals surface area contributed by atoms with Crippen LogP contribution < -0.4 is 10.6 Å². The van der Waals surface area contributed by atoms with Crippen molar-refractivity contribution < 1.29 is 0 Å². The molecule has 0 aromatic carbocycles. The van der Waals surface area contributed by atoms with Crippen molar-refractivity contribution in [3.8, 4) is 0 Å². The van der Waals surface area contributed by atoms with Crippen LogP contribution in [0.2, 0.25) is 0 Å². The molecule has 106 valence electrons. The van der Waals surface area contributed by atoms with Crippen molar-refractivity contribution in [3.63, 3.8) is 0 Å². The Morgan fingerprint density at radius 3 is 2.53 bits per heavy atom. The van der Waals surface area contributed by atoms with Crippen molar-refractivity contribution in [1.29, 1.82) is 0 Å². The number of nitrogens with one attached hydrogen (secondary N) is 2. The number of nitrogens with zero attached hydrogens (tertiary/aromatic N) is 2. The lowest BCUT2D eigenvalue weighted by molar-refractivity contribution is 0.360. The lowest BCUT2D eigenvalue weighted by atomic mass is 9.87. The zero-order valence-electron chi connectivity index (χ0n) is 12.1. The zero-order chi connectivity index (χ0) is 13.7. The molecule has 0 spiro atoms. The van der Waals surface area contributed by atoms with Crippen LogP contribution in [-0.4, -0.2) is 28.8 Å². The summed E-state index contributed by atoms with van der Waals surface area (Å²) in [6.07, 6.45) is 7.14. The number of hydrogen-bond donors (Lipinski definition) is 2. The number of anilines is 2. The maximum absolute atomic E-state index is 4.55. The highest BCUT2D eigenvalue weighted by molar-refractivity contribution is 7.98. The Labute approximate surface area is 120 Å². The summed E-state index contributed by atoms with van der Waals surface area (Å²) in [4.78, 5) is 9.00. The topological polar surface area (TPSA) is 49.8 Å². The molecule has 0 saturated heterocycles. The van der Waals surface area contributed by atoms with Crippen LogP contribution in [0.4, 0.5) is 11.6 Å². The lowest BCUT2D eigenvalue weighted by Crippen LogP contribution is -2.25. The van der Waals surface area contributed by atoms with Gasteiger partial charge in [0.05, 0.1) is 0 Å². The molecule has 2 N–H and O–H groups in total. The molecule has 5 heteroatoms. The van der Waals surface area contributed by atoms with Crippen molar-refractivity contribution in [2.45, 2.75) is 50.7 Å². The predicted octanol–water partition coefficient (Wildman–Crippen LogP) is 3.62. The van der Waals surface area contributed by atoms with Gasteiger partial charge >= 0.3 is 0 Å². The second kappa shape index (κ2) is 6.98. The van der Waals surface area contributed by atoms with E-state index in [1.807, 2.05) is 12.3 Å². The quantitative estimate of drug-likeness (QED) is 0.637. The van der Waals surface area contributed by atoms with Crippen LogP contribution in [-0.2, 0) is 0 Å². The van der Waals surface area contributed by atoms with E-state index >= 15 is 0 Å². The summed E-state index contributed by atoms with van der Waals surface area (Å²) in [5.41, 5.74) is 0. The molecular weight excluding hydrogens is 256 g/mol. The number of rotatable bonds is 5. The molecule has 1 aromatic heterocycles. The Morgan fingerprint density at radius 1 is 1.21 bits per heavy atom. The van der Waals surface area contributed by atoms with Crippen molar-refractivity contribution in [2.24, 2.45) is 5.92 Å². The number of aromatic nitrogens is 2. The van der Waals surface area contributed by atoms with E-state index in [2.05, 4.69) is 34.4 Å². The minimum absolute atomic E-state index is 0.565. The normalized spacial score (nSPS) is 23.1. The fourth-order valence-electron chi connectivity index (χ4n) is 2.48. The summed E-state index contributed by atoms with van der Waals surface area (Å²) >= 11 is 1.58. The molecular formula is C14H24N4S.